The fourth-order valence-electron chi connectivity index (χ4n) is 1.64. The van der Waals surface area contributed by atoms with Gasteiger partial charge in [-0.3, -0.25) is 14.8 Å². The van der Waals surface area contributed by atoms with Crippen LogP contribution in [0.2, 0.25) is 10.0 Å². The minimum atomic E-state index is -0.545. The molecule has 0 aliphatic rings. The highest BCUT2D eigenvalue weighted by Gasteiger charge is 2.15. The Morgan fingerprint density at radius 2 is 1.95 bits per heavy atom. The summed E-state index contributed by atoms with van der Waals surface area (Å²) in [5.74, 6) is 0. The lowest BCUT2D eigenvalue weighted by Crippen LogP contribution is -1.95. The maximum atomic E-state index is 10.7. The van der Waals surface area contributed by atoms with Crippen molar-refractivity contribution in [3.63, 3.8) is 0 Å². The molecular formula is C11H10Cl2N4O2. The predicted molar refractivity (Wildman–Crippen MR) is 74.3 cm³/mol. The fraction of sp³-hybridized carbons (Fsp3) is 0.182. The van der Waals surface area contributed by atoms with E-state index in [9.17, 15) is 10.1 Å². The normalized spacial score (nSPS) is 10.5. The van der Waals surface area contributed by atoms with Gasteiger partial charge in [0, 0.05) is 25.4 Å². The molecule has 1 aromatic heterocycles. The van der Waals surface area contributed by atoms with Crippen LogP contribution in [0, 0.1) is 17.0 Å². The highest BCUT2D eigenvalue weighted by atomic mass is 35.5. The van der Waals surface area contributed by atoms with Crippen molar-refractivity contribution in [3.05, 3.63) is 44.2 Å². The van der Waals surface area contributed by atoms with E-state index in [1.165, 1.54) is 12.1 Å². The van der Waals surface area contributed by atoms with Gasteiger partial charge in [-0.15, -0.1) is 0 Å². The van der Waals surface area contributed by atoms with E-state index < -0.39 is 4.92 Å². The number of non-ortho nitro benzene ring substituents is 1. The number of nitro groups is 1. The zero-order valence-electron chi connectivity index (χ0n) is 10.1. The minimum Gasteiger partial charge on any atom is -0.350 e. The molecule has 1 N–H and O–H groups in total. The molecule has 0 aliphatic carbocycles. The summed E-state index contributed by atoms with van der Waals surface area (Å²) in [5, 5.41) is 18.3. The van der Waals surface area contributed by atoms with Crippen LogP contribution < -0.4 is 5.32 Å². The number of hydrogen-bond donors (Lipinski definition) is 1. The average molecular weight is 301 g/mol. The molecule has 19 heavy (non-hydrogen) atoms. The van der Waals surface area contributed by atoms with E-state index in [-0.39, 0.29) is 15.7 Å². The van der Waals surface area contributed by atoms with Gasteiger partial charge in [0.2, 0.25) is 0 Å². The number of benzene rings is 1. The molecule has 1 heterocycles. The highest BCUT2D eigenvalue weighted by Crippen LogP contribution is 2.36. The van der Waals surface area contributed by atoms with Gasteiger partial charge in [-0.2, -0.15) is 5.10 Å². The lowest BCUT2D eigenvalue weighted by atomic mass is 10.2. The van der Waals surface area contributed by atoms with E-state index in [1.807, 2.05) is 6.92 Å². The van der Waals surface area contributed by atoms with E-state index >= 15 is 0 Å². The number of aromatic nitrogens is 2. The molecule has 0 aliphatic heterocycles. The Balaban J connectivity index is 2.41. The molecule has 2 aromatic rings. The van der Waals surface area contributed by atoms with E-state index in [2.05, 4.69) is 10.4 Å². The summed E-state index contributed by atoms with van der Waals surface area (Å²) in [4.78, 5) is 10.1. The van der Waals surface area contributed by atoms with E-state index in [0.29, 0.717) is 5.69 Å². The number of rotatable bonds is 3. The van der Waals surface area contributed by atoms with Gasteiger partial charge in [0.25, 0.3) is 5.69 Å². The Bertz CT molecular complexity index is 631. The third-order valence-electron chi connectivity index (χ3n) is 2.51. The summed E-state index contributed by atoms with van der Waals surface area (Å²) in [6.45, 7) is 1.83. The van der Waals surface area contributed by atoms with Crippen LogP contribution in [0.5, 0.6) is 0 Å². The SMILES string of the molecule is Cc1nn(C)cc1Nc1c(Cl)cc([N+](=O)[O-])cc1Cl. The van der Waals surface area contributed by atoms with Gasteiger partial charge in [-0.25, -0.2) is 0 Å². The smallest absolute Gasteiger partial charge is 0.272 e. The predicted octanol–water partition coefficient (Wildman–Crippen LogP) is 3.69. The first-order valence-corrected chi connectivity index (χ1v) is 6.05. The van der Waals surface area contributed by atoms with Crippen molar-refractivity contribution in [1.29, 1.82) is 0 Å². The zero-order valence-corrected chi connectivity index (χ0v) is 11.7. The first kappa shape index (κ1) is 13.6. The van der Waals surface area contributed by atoms with Gasteiger partial charge in [-0.05, 0) is 6.92 Å². The second-order valence-electron chi connectivity index (χ2n) is 3.97. The quantitative estimate of drug-likeness (QED) is 0.693. The minimum absolute atomic E-state index is 0.150. The van der Waals surface area contributed by atoms with E-state index in [0.717, 1.165) is 11.4 Å². The van der Waals surface area contributed by atoms with Crippen LogP contribution in [-0.4, -0.2) is 14.7 Å². The molecule has 0 radical (unpaired) electrons. The van der Waals surface area contributed by atoms with E-state index in [4.69, 9.17) is 23.2 Å². The number of aryl methyl sites for hydroxylation is 2. The van der Waals surface area contributed by atoms with Gasteiger partial charge in [0.1, 0.15) is 0 Å². The Labute approximate surface area is 119 Å². The van der Waals surface area contributed by atoms with Crippen LogP contribution in [0.1, 0.15) is 5.69 Å². The van der Waals surface area contributed by atoms with Gasteiger partial charge in [0.15, 0.2) is 0 Å². The van der Waals surface area contributed by atoms with Gasteiger partial charge in [-0.1, -0.05) is 23.2 Å². The molecule has 0 saturated carbocycles. The zero-order chi connectivity index (χ0) is 14.2. The molecule has 0 fully saturated rings. The Hall–Kier alpha value is -1.79. The van der Waals surface area contributed by atoms with Crippen molar-refractivity contribution in [2.75, 3.05) is 5.32 Å². The number of hydrogen-bond acceptors (Lipinski definition) is 4. The first-order valence-electron chi connectivity index (χ1n) is 5.29. The summed E-state index contributed by atoms with van der Waals surface area (Å²) in [6.07, 6.45) is 1.77. The second kappa shape index (κ2) is 5.07. The van der Waals surface area contributed by atoms with Crippen molar-refractivity contribution in [1.82, 2.24) is 9.78 Å². The molecule has 6 nitrogen and oxygen atoms in total. The lowest BCUT2D eigenvalue weighted by molar-refractivity contribution is -0.384. The third-order valence-corrected chi connectivity index (χ3v) is 3.11. The van der Waals surface area contributed by atoms with Crippen LogP contribution in [0.15, 0.2) is 18.3 Å². The number of nitrogens with one attached hydrogen (secondary N) is 1. The first-order chi connectivity index (χ1) is 8.88. The molecule has 0 saturated heterocycles. The summed E-state index contributed by atoms with van der Waals surface area (Å²) in [6, 6.07) is 2.50. The topological polar surface area (TPSA) is 73.0 Å². The van der Waals surface area contributed by atoms with Crippen molar-refractivity contribution in [2.45, 2.75) is 6.92 Å². The van der Waals surface area contributed by atoms with Crippen LogP contribution >= 0.6 is 23.2 Å². The Morgan fingerprint density at radius 3 is 2.37 bits per heavy atom. The fourth-order valence-corrected chi connectivity index (χ4v) is 2.21. The number of anilines is 2. The standard InChI is InChI=1S/C11H10Cl2N4O2/c1-6-10(5-16(2)15-6)14-11-8(12)3-7(17(18)19)4-9(11)13/h3-5,14H,1-2H3. The maximum absolute atomic E-state index is 10.7. The van der Waals surface area contributed by atoms with Crippen LogP contribution in [0.3, 0.4) is 0 Å². The van der Waals surface area contributed by atoms with Gasteiger partial charge >= 0.3 is 0 Å². The number of halogens is 2. The Morgan fingerprint density at radius 1 is 1.37 bits per heavy atom. The van der Waals surface area contributed by atoms with Crippen LogP contribution in [0.25, 0.3) is 0 Å². The molecule has 0 unspecified atom stereocenters. The number of nitrogens with zero attached hydrogens (tertiary/aromatic N) is 3. The maximum Gasteiger partial charge on any atom is 0.272 e. The van der Waals surface area contributed by atoms with E-state index in [1.54, 1.807) is 17.9 Å². The summed E-state index contributed by atoms with van der Waals surface area (Å²) < 4.78 is 1.64. The van der Waals surface area contributed by atoms with Gasteiger partial charge < -0.3 is 5.32 Å². The monoisotopic (exact) mass is 300 g/mol. The molecule has 100 valence electrons. The van der Waals surface area contributed by atoms with Crippen LogP contribution in [0.4, 0.5) is 17.1 Å². The summed E-state index contributed by atoms with van der Waals surface area (Å²) in [7, 11) is 1.79. The summed E-state index contributed by atoms with van der Waals surface area (Å²) in [5.41, 5.74) is 1.78. The molecule has 1 aromatic carbocycles. The van der Waals surface area contributed by atoms with Crippen molar-refractivity contribution in [3.8, 4) is 0 Å². The molecule has 0 bridgehead atoms. The number of nitro benzene ring substituents is 1. The van der Waals surface area contributed by atoms with Crippen molar-refractivity contribution >= 4 is 40.3 Å². The molecule has 2 rings (SSSR count). The average Bonchev–Trinajstić information content (AvgIpc) is 2.62. The Kier molecular flexibility index (Phi) is 3.64. The largest absolute Gasteiger partial charge is 0.350 e. The lowest BCUT2D eigenvalue weighted by Gasteiger charge is -2.09. The second-order valence-corrected chi connectivity index (χ2v) is 4.78. The van der Waals surface area contributed by atoms with Crippen molar-refractivity contribution < 1.29 is 4.92 Å². The summed E-state index contributed by atoms with van der Waals surface area (Å²) >= 11 is 12.0. The van der Waals surface area contributed by atoms with Gasteiger partial charge in [0.05, 0.1) is 32.0 Å². The third kappa shape index (κ3) is 2.80. The van der Waals surface area contributed by atoms with Crippen molar-refractivity contribution in [2.24, 2.45) is 7.05 Å². The molecular weight excluding hydrogens is 291 g/mol. The molecule has 0 amide bonds. The molecule has 8 heteroatoms. The molecule has 0 spiro atoms. The highest BCUT2D eigenvalue weighted by molar-refractivity contribution is 6.39. The molecule has 0 atom stereocenters. The van der Waals surface area contributed by atoms with Crippen LogP contribution in [-0.2, 0) is 7.05 Å².